The molecule has 0 radical (unpaired) electrons. The number of phenols is 1. The minimum Gasteiger partial charge on any atom is -0.508 e. The highest BCUT2D eigenvalue weighted by atomic mass is 16.6. The van der Waals surface area contributed by atoms with Crippen molar-refractivity contribution in [2.45, 2.75) is 51.4 Å². The highest BCUT2D eigenvalue weighted by molar-refractivity contribution is 5.92. The number of rotatable bonds is 3. The van der Waals surface area contributed by atoms with Crippen LogP contribution in [-0.4, -0.2) is 28.5 Å². The predicted octanol–water partition coefficient (Wildman–Crippen LogP) is 3.71. The molecule has 3 aliphatic rings. The number of fused-ring (bicyclic) bond motifs is 5. The summed E-state index contributed by atoms with van der Waals surface area (Å²) in [5.41, 5.74) is 3.81. The number of hydrogen-bond acceptors (Lipinski definition) is 4. The molecule has 1 aromatic rings. The van der Waals surface area contributed by atoms with E-state index in [0.29, 0.717) is 23.5 Å². The molecular formula is C20H25NO4. The van der Waals surface area contributed by atoms with Gasteiger partial charge in [-0.25, -0.2) is 4.79 Å². The number of carboxylic acid groups (broad SMARTS) is 1. The molecule has 0 unspecified atom stereocenters. The molecule has 1 aromatic carbocycles. The van der Waals surface area contributed by atoms with E-state index in [9.17, 15) is 9.90 Å². The number of aliphatic carboxylic acids is 1. The molecule has 3 aliphatic carbocycles. The zero-order chi connectivity index (χ0) is 17.6. The van der Waals surface area contributed by atoms with Crippen LogP contribution in [0.15, 0.2) is 23.4 Å². The molecule has 0 bridgehead atoms. The van der Waals surface area contributed by atoms with E-state index in [4.69, 9.17) is 9.94 Å². The number of phenolic OH excluding ortho intramolecular Hbond substituents is 1. The van der Waals surface area contributed by atoms with E-state index in [1.165, 1.54) is 11.1 Å². The maximum absolute atomic E-state index is 10.7. The van der Waals surface area contributed by atoms with Crippen molar-refractivity contribution in [3.05, 3.63) is 29.3 Å². The molecule has 2 saturated carbocycles. The van der Waals surface area contributed by atoms with Crippen LogP contribution < -0.4 is 0 Å². The van der Waals surface area contributed by atoms with Crippen LogP contribution in [0.4, 0.5) is 0 Å². The maximum Gasteiger partial charge on any atom is 0.344 e. The lowest BCUT2D eigenvalue weighted by molar-refractivity contribution is -0.142. The summed E-state index contributed by atoms with van der Waals surface area (Å²) in [6.45, 7) is 1.92. The minimum absolute atomic E-state index is 0.0358. The van der Waals surface area contributed by atoms with Crippen molar-refractivity contribution < 1.29 is 19.8 Å². The molecule has 4 atom stereocenters. The Morgan fingerprint density at radius 3 is 2.96 bits per heavy atom. The van der Waals surface area contributed by atoms with Crippen molar-refractivity contribution in [1.29, 1.82) is 0 Å². The lowest BCUT2D eigenvalue weighted by atomic mass is 9.55. The summed E-state index contributed by atoms with van der Waals surface area (Å²) in [5.74, 6) is 1.17. The van der Waals surface area contributed by atoms with Crippen molar-refractivity contribution in [2.24, 2.45) is 22.4 Å². The third-order valence-electron chi connectivity index (χ3n) is 6.81. The van der Waals surface area contributed by atoms with E-state index in [1.54, 1.807) is 0 Å². The molecule has 5 nitrogen and oxygen atoms in total. The van der Waals surface area contributed by atoms with E-state index in [1.807, 2.05) is 12.1 Å². The van der Waals surface area contributed by atoms with Gasteiger partial charge in [0.2, 0.25) is 6.61 Å². The fourth-order valence-corrected chi connectivity index (χ4v) is 5.67. The van der Waals surface area contributed by atoms with Gasteiger partial charge in [0.05, 0.1) is 5.71 Å². The summed E-state index contributed by atoms with van der Waals surface area (Å²) >= 11 is 0. The molecule has 2 N–H and O–H groups in total. The Morgan fingerprint density at radius 1 is 1.32 bits per heavy atom. The quantitative estimate of drug-likeness (QED) is 0.820. The molecule has 0 aromatic heterocycles. The van der Waals surface area contributed by atoms with E-state index >= 15 is 0 Å². The standard InChI is InChI=1S/C20H25NO4/c1-20-9-8-15-14-5-3-13(22)10-12(14)2-4-16(15)17(20)6-7-18(20)21-25-11-19(23)24/h3,5,10,15-17,22H,2,4,6-9,11H2,1H3,(H,23,24)/b21-18+/t15-,16+,17+,20+/m1/s1. The van der Waals surface area contributed by atoms with Gasteiger partial charge in [-0.1, -0.05) is 18.1 Å². The Bertz CT molecular complexity index is 728. The molecule has 0 amide bonds. The van der Waals surface area contributed by atoms with Crippen LogP contribution >= 0.6 is 0 Å². The fraction of sp³-hybridized carbons (Fsp3) is 0.600. The Morgan fingerprint density at radius 2 is 2.16 bits per heavy atom. The Hall–Kier alpha value is -2.04. The predicted molar refractivity (Wildman–Crippen MR) is 93.7 cm³/mol. The number of carboxylic acids is 1. The number of nitrogens with zero attached hydrogens (tertiary/aromatic N) is 1. The molecule has 0 saturated heterocycles. The maximum atomic E-state index is 10.7. The number of hydrogen-bond donors (Lipinski definition) is 2. The first-order chi connectivity index (χ1) is 12.0. The van der Waals surface area contributed by atoms with E-state index < -0.39 is 5.97 Å². The van der Waals surface area contributed by atoms with Gasteiger partial charge >= 0.3 is 5.97 Å². The molecule has 4 rings (SSSR count). The number of aromatic hydroxyl groups is 1. The lowest BCUT2D eigenvalue weighted by Crippen LogP contribution is -2.42. The van der Waals surface area contributed by atoms with Crippen LogP contribution in [0.2, 0.25) is 0 Å². The average Bonchev–Trinajstić information content (AvgIpc) is 2.91. The summed E-state index contributed by atoms with van der Waals surface area (Å²) in [7, 11) is 0. The third-order valence-corrected chi connectivity index (χ3v) is 6.81. The van der Waals surface area contributed by atoms with Gasteiger partial charge in [-0.3, -0.25) is 0 Å². The summed E-state index contributed by atoms with van der Waals surface area (Å²) in [4.78, 5) is 15.7. The first kappa shape index (κ1) is 16.4. The summed E-state index contributed by atoms with van der Waals surface area (Å²) in [5, 5.41) is 22.7. The van der Waals surface area contributed by atoms with Gasteiger partial charge in [0.15, 0.2) is 0 Å². The van der Waals surface area contributed by atoms with Crippen LogP contribution in [-0.2, 0) is 16.1 Å². The highest BCUT2D eigenvalue weighted by Gasteiger charge is 2.53. The van der Waals surface area contributed by atoms with Crippen LogP contribution in [0.5, 0.6) is 5.75 Å². The third kappa shape index (κ3) is 2.70. The Balaban J connectivity index is 1.58. The molecule has 0 spiro atoms. The molecule has 25 heavy (non-hydrogen) atoms. The lowest BCUT2D eigenvalue weighted by Gasteiger charge is -2.49. The van der Waals surface area contributed by atoms with E-state index in [0.717, 1.165) is 44.2 Å². The van der Waals surface area contributed by atoms with Crippen molar-refractivity contribution >= 4 is 11.7 Å². The molecule has 0 aliphatic heterocycles. The van der Waals surface area contributed by atoms with Gasteiger partial charge < -0.3 is 15.1 Å². The van der Waals surface area contributed by atoms with Gasteiger partial charge in [-0.05, 0) is 79.5 Å². The second-order valence-electron chi connectivity index (χ2n) is 8.00. The van der Waals surface area contributed by atoms with Gasteiger partial charge in [-0.15, -0.1) is 0 Å². The monoisotopic (exact) mass is 343 g/mol. The van der Waals surface area contributed by atoms with Crippen LogP contribution in [0, 0.1) is 17.3 Å². The molecule has 2 fully saturated rings. The van der Waals surface area contributed by atoms with Crippen LogP contribution in [0.1, 0.15) is 56.1 Å². The number of carbonyl (C=O) groups is 1. The zero-order valence-electron chi connectivity index (χ0n) is 14.6. The van der Waals surface area contributed by atoms with Gasteiger partial charge in [-0.2, -0.15) is 0 Å². The SMILES string of the molecule is C[C@]12CC[C@@H]3c4ccc(O)cc4CC[C@@H]3[C@@H]1CC/C2=N\OCC(=O)O. The van der Waals surface area contributed by atoms with Gasteiger partial charge in [0, 0.05) is 5.41 Å². The second-order valence-corrected chi connectivity index (χ2v) is 8.00. The average molecular weight is 343 g/mol. The van der Waals surface area contributed by atoms with Gasteiger partial charge in [0.25, 0.3) is 0 Å². The first-order valence-corrected chi connectivity index (χ1v) is 9.22. The van der Waals surface area contributed by atoms with Crippen molar-refractivity contribution in [3.8, 4) is 5.75 Å². The second kappa shape index (κ2) is 6.04. The fourth-order valence-electron chi connectivity index (χ4n) is 5.67. The Labute approximate surface area is 147 Å². The first-order valence-electron chi connectivity index (χ1n) is 9.22. The number of oxime groups is 1. The molecule has 0 heterocycles. The van der Waals surface area contributed by atoms with E-state index in [-0.39, 0.29) is 12.0 Å². The smallest absolute Gasteiger partial charge is 0.344 e. The van der Waals surface area contributed by atoms with Crippen LogP contribution in [0.3, 0.4) is 0 Å². The number of aryl methyl sites for hydroxylation is 1. The van der Waals surface area contributed by atoms with Crippen molar-refractivity contribution in [3.63, 3.8) is 0 Å². The zero-order valence-corrected chi connectivity index (χ0v) is 14.6. The van der Waals surface area contributed by atoms with Crippen molar-refractivity contribution in [2.75, 3.05) is 6.61 Å². The largest absolute Gasteiger partial charge is 0.508 e. The number of benzene rings is 1. The summed E-state index contributed by atoms with van der Waals surface area (Å²) < 4.78 is 0. The van der Waals surface area contributed by atoms with Gasteiger partial charge in [0.1, 0.15) is 5.75 Å². The topological polar surface area (TPSA) is 79.1 Å². The Kier molecular flexibility index (Phi) is 3.97. The minimum atomic E-state index is -0.986. The normalized spacial score (nSPS) is 34.9. The highest BCUT2D eigenvalue weighted by Crippen LogP contribution is 2.59. The van der Waals surface area contributed by atoms with Crippen molar-refractivity contribution in [1.82, 2.24) is 0 Å². The molecular weight excluding hydrogens is 318 g/mol. The van der Waals surface area contributed by atoms with E-state index in [2.05, 4.69) is 18.1 Å². The summed E-state index contributed by atoms with van der Waals surface area (Å²) in [6.07, 6.45) is 6.39. The molecule has 134 valence electrons. The summed E-state index contributed by atoms with van der Waals surface area (Å²) in [6, 6.07) is 5.86. The molecule has 5 heteroatoms. The van der Waals surface area contributed by atoms with Crippen LogP contribution in [0.25, 0.3) is 0 Å².